The highest BCUT2D eigenvalue weighted by atomic mass is 79.9. The first-order chi connectivity index (χ1) is 9.77. The van der Waals surface area contributed by atoms with E-state index in [1.807, 2.05) is 0 Å². The van der Waals surface area contributed by atoms with Crippen LogP contribution in [-0.4, -0.2) is 23.9 Å². The molecule has 1 aromatic rings. The number of halogens is 1. The number of benzene rings is 1. The van der Waals surface area contributed by atoms with Gasteiger partial charge in [-0.1, -0.05) is 36.7 Å². The maximum atomic E-state index is 11.5. The second-order valence-corrected chi connectivity index (χ2v) is 7.76. The molecule has 1 heterocycles. The summed E-state index contributed by atoms with van der Waals surface area (Å²) in [5, 5.41) is 3.00. The summed E-state index contributed by atoms with van der Waals surface area (Å²) in [7, 11) is 0. The molecule has 0 saturated carbocycles. The smallest absolute Gasteiger partial charge is 0.221 e. The first-order valence-electron chi connectivity index (χ1n) is 7.60. The van der Waals surface area contributed by atoms with Crippen LogP contribution in [0.4, 0.5) is 5.69 Å². The highest BCUT2D eigenvalue weighted by Gasteiger charge is 2.21. The summed E-state index contributed by atoms with van der Waals surface area (Å²) in [6.07, 6.45) is 2.55. The quantitative estimate of drug-likeness (QED) is 0.879. The summed E-state index contributed by atoms with van der Waals surface area (Å²) >= 11 is 3.70. The van der Waals surface area contributed by atoms with Crippen LogP contribution < -0.4 is 5.32 Å². The molecule has 0 aliphatic carbocycles. The van der Waals surface area contributed by atoms with Gasteiger partial charge in [-0.05, 0) is 54.6 Å². The summed E-state index contributed by atoms with van der Waals surface area (Å²) in [6, 6.07) is 4.29. The van der Waals surface area contributed by atoms with Gasteiger partial charge in [0.2, 0.25) is 5.91 Å². The summed E-state index contributed by atoms with van der Waals surface area (Å²) < 4.78 is 1.12. The Hall–Kier alpha value is -0.870. The molecular formula is C17H25BrN2O. The molecule has 3 nitrogen and oxygen atoms in total. The third kappa shape index (κ3) is 4.30. The molecule has 1 fully saturated rings. The molecular weight excluding hydrogens is 328 g/mol. The predicted molar refractivity (Wildman–Crippen MR) is 91.7 cm³/mol. The van der Waals surface area contributed by atoms with Crippen molar-refractivity contribution in [3.8, 4) is 0 Å². The van der Waals surface area contributed by atoms with Crippen molar-refractivity contribution in [2.75, 3.05) is 18.4 Å². The van der Waals surface area contributed by atoms with Crippen molar-refractivity contribution in [1.82, 2.24) is 4.90 Å². The van der Waals surface area contributed by atoms with Crippen molar-refractivity contribution >= 4 is 27.5 Å². The Bertz CT molecular complexity index is 528. The second-order valence-electron chi connectivity index (χ2n) is 6.90. The third-order valence-electron chi connectivity index (χ3n) is 3.90. The predicted octanol–water partition coefficient (Wildman–Crippen LogP) is 4.30. The maximum Gasteiger partial charge on any atom is 0.221 e. The summed E-state index contributed by atoms with van der Waals surface area (Å²) in [5.41, 5.74) is 3.39. The number of nitrogens with zero attached hydrogens (tertiary/aromatic N) is 1. The fraction of sp³-hybridized carbons (Fsp3) is 0.588. The van der Waals surface area contributed by atoms with Crippen LogP contribution in [0.15, 0.2) is 16.6 Å². The van der Waals surface area contributed by atoms with Crippen LogP contribution in [-0.2, 0) is 16.8 Å². The van der Waals surface area contributed by atoms with Crippen molar-refractivity contribution in [2.24, 2.45) is 0 Å². The standard InChI is InChI=1S/C17H25BrN2O/c1-12(21)19-16-10-14(17(2,3)4)15(18)9-13(16)11-20-7-5-6-8-20/h9-10H,5-8,11H2,1-4H3,(H,19,21). The van der Waals surface area contributed by atoms with Gasteiger partial charge in [-0.3, -0.25) is 9.69 Å². The van der Waals surface area contributed by atoms with Crippen molar-refractivity contribution in [1.29, 1.82) is 0 Å². The van der Waals surface area contributed by atoms with Crippen LogP contribution in [0.5, 0.6) is 0 Å². The normalized spacial score (nSPS) is 16.2. The van der Waals surface area contributed by atoms with Crippen molar-refractivity contribution in [3.05, 3.63) is 27.7 Å². The number of likely N-dealkylation sites (tertiary alicyclic amines) is 1. The van der Waals surface area contributed by atoms with Gasteiger partial charge in [0.15, 0.2) is 0 Å². The molecule has 0 spiro atoms. The minimum atomic E-state index is -0.0140. The zero-order valence-electron chi connectivity index (χ0n) is 13.4. The molecule has 0 aromatic heterocycles. The van der Waals surface area contributed by atoms with Gasteiger partial charge in [0.1, 0.15) is 0 Å². The number of nitrogens with one attached hydrogen (secondary N) is 1. The molecule has 1 N–H and O–H groups in total. The van der Waals surface area contributed by atoms with Gasteiger partial charge in [-0.25, -0.2) is 0 Å². The van der Waals surface area contributed by atoms with E-state index in [9.17, 15) is 4.79 Å². The Morgan fingerprint density at radius 2 is 1.90 bits per heavy atom. The molecule has 0 atom stereocenters. The van der Waals surface area contributed by atoms with Gasteiger partial charge < -0.3 is 5.32 Å². The van der Waals surface area contributed by atoms with Crippen molar-refractivity contribution < 1.29 is 4.79 Å². The van der Waals surface area contributed by atoms with Crippen molar-refractivity contribution in [2.45, 2.75) is 52.5 Å². The first kappa shape index (κ1) is 16.5. The average molecular weight is 353 g/mol. The van der Waals surface area contributed by atoms with Gasteiger partial charge in [0.05, 0.1) is 0 Å². The Morgan fingerprint density at radius 1 is 1.29 bits per heavy atom. The largest absolute Gasteiger partial charge is 0.326 e. The highest BCUT2D eigenvalue weighted by molar-refractivity contribution is 9.10. The van der Waals surface area contributed by atoms with E-state index in [-0.39, 0.29) is 11.3 Å². The zero-order chi connectivity index (χ0) is 15.6. The van der Waals surface area contributed by atoms with Crippen LogP contribution in [0.3, 0.4) is 0 Å². The molecule has 1 aliphatic rings. The number of hydrogen-bond donors (Lipinski definition) is 1. The van der Waals surface area contributed by atoms with Crippen molar-refractivity contribution in [3.63, 3.8) is 0 Å². The molecule has 1 aromatic carbocycles. The molecule has 2 rings (SSSR count). The van der Waals surface area contributed by atoms with Crippen LogP contribution in [0.1, 0.15) is 51.7 Å². The van der Waals surface area contributed by atoms with Crippen LogP contribution in [0, 0.1) is 0 Å². The van der Waals surface area contributed by atoms with E-state index in [1.165, 1.54) is 24.0 Å². The monoisotopic (exact) mass is 352 g/mol. The topological polar surface area (TPSA) is 32.3 Å². The number of rotatable bonds is 3. The molecule has 1 aliphatic heterocycles. The lowest BCUT2D eigenvalue weighted by molar-refractivity contribution is -0.114. The van der Waals surface area contributed by atoms with Crippen LogP contribution in [0.25, 0.3) is 0 Å². The average Bonchev–Trinajstić information content (AvgIpc) is 2.83. The molecule has 1 saturated heterocycles. The van der Waals surface area contributed by atoms with E-state index in [4.69, 9.17) is 0 Å². The Labute approximate surface area is 136 Å². The molecule has 116 valence electrons. The van der Waals surface area contributed by atoms with Gasteiger partial charge in [0.25, 0.3) is 0 Å². The van der Waals surface area contributed by atoms with E-state index >= 15 is 0 Å². The summed E-state index contributed by atoms with van der Waals surface area (Å²) in [5.74, 6) is -0.0140. The van der Waals surface area contributed by atoms with E-state index in [0.717, 1.165) is 29.8 Å². The van der Waals surface area contributed by atoms with Crippen LogP contribution in [0.2, 0.25) is 0 Å². The fourth-order valence-electron chi connectivity index (χ4n) is 2.81. The van der Waals surface area contributed by atoms with E-state index < -0.39 is 0 Å². The minimum Gasteiger partial charge on any atom is -0.326 e. The van der Waals surface area contributed by atoms with E-state index in [0.29, 0.717) is 0 Å². The molecule has 0 bridgehead atoms. The Morgan fingerprint density at radius 3 is 2.43 bits per heavy atom. The van der Waals surface area contributed by atoms with Gasteiger partial charge >= 0.3 is 0 Å². The number of hydrogen-bond acceptors (Lipinski definition) is 2. The lowest BCUT2D eigenvalue weighted by atomic mass is 9.86. The zero-order valence-corrected chi connectivity index (χ0v) is 15.0. The lowest BCUT2D eigenvalue weighted by Gasteiger charge is -2.25. The Balaban J connectivity index is 2.37. The second kappa shape index (κ2) is 6.49. The summed E-state index contributed by atoms with van der Waals surface area (Å²) in [4.78, 5) is 14.0. The number of amides is 1. The fourth-order valence-corrected chi connectivity index (χ4v) is 3.79. The lowest BCUT2D eigenvalue weighted by Crippen LogP contribution is -2.21. The number of carbonyl (C=O) groups excluding carboxylic acids is 1. The van der Waals surface area contributed by atoms with Gasteiger partial charge in [0, 0.05) is 23.6 Å². The highest BCUT2D eigenvalue weighted by Crippen LogP contribution is 2.35. The molecule has 21 heavy (non-hydrogen) atoms. The van der Waals surface area contributed by atoms with E-state index in [2.05, 4.69) is 59.1 Å². The maximum absolute atomic E-state index is 11.5. The molecule has 4 heteroatoms. The van der Waals surface area contributed by atoms with Crippen LogP contribution >= 0.6 is 15.9 Å². The van der Waals surface area contributed by atoms with Gasteiger partial charge in [-0.15, -0.1) is 0 Å². The van der Waals surface area contributed by atoms with E-state index in [1.54, 1.807) is 6.92 Å². The molecule has 0 unspecified atom stereocenters. The minimum absolute atomic E-state index is 0.0140. The Kier molecular flexibility index (Phi) is 5.10. The SMILES string of the molecule is CC(=O)Nc1cc(C(C)(C)C)c(Br)cc1CN1CCCC1. The first-order valence-corrected chi connectivity index (χ1v) is 8.39. The third-order valence-corrected chi connectivity index (χ3v) is 4.56. The summed E-state index contributed by atoms with van der Waals surface area (Å²) in [6.45, 7) is 11.3. The van der Waals surface area contributed by atoms with Gasteiger partial charge in [-0.2, -0.15) is 0 Å². The number of anilines is 1. The molecule has 1 amide bonds. The molecule has 0 radical (unpaired) electrons. The number of carbonyl (C=O) groups is 1.